The Morgan fingerprint density at radius 2 is 1.62 bits per heavy atom. The lowest BCUT2D eigenvalue weighted by Gasteiger charge is -2.10. The largest absolute Gasteiger partial charge is 0.434 e. The van der Waals surface area contributed by atoms with Crippen LogP contribution in [0.5, 0.6) is 0 Å². The molecule has 0 saturated carbocycles. The normalized spacial score (nSPS) is 12.3. The van der Waals surface area contributed by atoms with Crippen molar-refractivity contribution in [2.75, 3.05) is 4.72 Å². The van der Waals surface area contributed by atoms with Crippen LogP contribution >= 0.6 is 0 Å². The average Bonchev–Trinajstić information content (AvgIpc) is 2.53. The highest BCUT2D eigenvalue weighted by molar-refractivity contribution is 7.93. The highest BCUT2D eigenvalue weighted by Gasteiger charge is 2.33. The molecule has 0 radical (unpaired) electrons. The van der Waals surface area contributed by atoms with Crippen LogP contribution in [-0.4, -0.2) is 18.4 Å². The van der Waals surface area contributed by atoms with E-state index >= 15 is 0 Å². The predicted octanol–water partition coefficient (Wildman–Crippen LogP) is 3.45. The molecule has 0 amide bonds. The van der Waals surface area contributed by atoms with Crippen LogP contribution in [0.25, 0.3) is 10.8 Å². The summed E-state index contributed by atoms with van der Waals surface area (Å²) in [7, 11) is -4.02. The molecule has 5 nitrogen and oxygen atoms in total. The molecule has 1 aromatic heterocycles. The molecule has 0 aliphatic rings. The first-order chi connectivity index (χ1) is 11.3. The molecule has 0 saturated heterocycles. The van der Waals surface area contributed by atoms with Crippen LogP contribution in [0.3, 0.4) is 0 Å². The minimum absolute atomic E-state index is 0.00213. The topological polar surface area (TPSA) is 72.0 Å². The van der Waals surface area contributed by atoms with E-state index in [0.29, 0.717) is 11.6 Å². The molecule has 0 unspecified atom stereocenters. The Hall–Kier alpha value is -2.68. The number of anilines is 1. The number of nitrogens with one attached hydrogen (secondary N) is 1. The van der Waals surface area contributed by atoms with Crippen LogP contribution in [0.4, 0.5) is 19.0 Å². The Balaban J connectivity index is 1.96. The van der Waals surface area contributed by atoms with Gasteiger partial charge in [0, 0.05) is 5.39 Å². The zero-order valence-corrected chi connectivity index (χ0v) is 12.8. The lowest BCUT2D eigenvalue weighted by Crippen LogP contribution is -2.16. The molecular weight excluding hydrogens is 343 g/mol. The summed E-state index contributed by atoms with van der Waals surface area (Å²) < 4.78 is 64.5. The maximum absolute atomic E-state index is 12.5. The third-order valence-electron chi connectivity index (χ3n) is 3.22. The summed E-state index contributed by atoms with van der Waals surface area (Å²) in [5.74, 6) is -0.295. The van der Waals surface area contributed by atoms with Gasteiger partial charge in [0.25, 0.3) is 10.0 Å². The zero-order valence-electron chi connectivity index (χ0n) is 11.9. The second-order valence-electron chi connectivity index (χ2n) is 4.87. The number of rotatable bonds is 3. The van der Waals surface area contributed by atoms with Crippen molar-refractivity contribution in [3.8, 4) is 0 Å². The Kier molecular flexibility index (Phi) is 3.88. The van der Waals surface area contributed by atoms with Crippen LogP contribution in [0.15, 0.2) is 59.8 Å². The quantitative estimate of drug-likeness (QED) is 0.783. The smallest absolute Gasteiger partial charge is 0.262 e. The van der Waals surface area contributed by atoms with Gasteiger partial charge in [0.15, 0.2) is 11.5 Å². The van der Waals surface area contributed by atoms with Crippen molar-refractivity contribution in [3.05, 3.63) is 60.6 Å². The van der Waals surface area contributed by atoms with Gasteiger partial charge in [0.1, 0.15) is 0 Å². The van der Waals surface area contributed by atoms with E-state index in [0.717, 1.165) is 11.6 Å². The third kappa shape index (κ3) is 3.16. The predicted molar refractivity (Wildman–Crippen MR) is 81.8 cm³/mol. The third-order valence-corrected chi connectivity index (χ3v) is 4.63. The van der Waals surface area contributed by atoms with Gasteiger partial charge in [-0.15, -0.1) is 0 Å². The molecule has 0 aliphatic heterocycles. The molecule has 1 heterocycles. The molecule has 3 rings (SSSR count). The van der Waals surface area contributed by atoms with E-state index in [4.69, 9.17) is 0 Å². The van der Waals surface area contributed by atoms with Crippen molar-refractivity contribution in [2.24, 2.45) is 0 Å². The summed E-state index contributed by atoms with van der Waals surface area (Å²) in [6, 6.07) is 11.6. The highest BCUT2D eigenvalue weighted by atomic mass is 32.2. The van der Waals surface area contributed by atoms with Gasteiger partial charge in [-0.25, -0.2) is 18.4 Å². The van der Waals surface area contributed by atoms with Crippen LogP contribution in [0.1, 0.15) is 5.69 Å². The lowest BCUT2D eigenvalue weighted by atomic mass is 10.1. The molecule has 0 spiro atoms. The molecule has 3 aromatic rings. The van der Waals surface area contributed by atoms with Crippen molar-refractivity contribution < 1.29 is 21.6 Å². The fourth-order valence-electron chi connectivity index (χ4n) is 2.15. The molecule has 0 fully saturated rings. The molecule has 2 aromatic carbocycles. The second kappa shape index (κ2) is 5.75. The van der Waals surface area contributed by atoms with E-state index in [9.17, 15) is 21.6 Å². The summed E-state index contributed by atoms with van der Waals surface area (Å²) in [6.45, 7) is 0. The van der Waals surface area contributed by atoms with Crippen molar-refractivity contribution in [2.45, 2.75) is 11.1 Å². The molecule has 1 N–H and O–H groups in total. The van der Waals surface area contributed by atoms with Gasteiger partial charge in [-0.2, -0.15) is 13.2 Å². The lowest BCUT2D eigenvalue weighted by molar-refractivity contribution is -0.141. The Bertz CT molecular complexity index is 982. The van der Waals surface area contributed by atoms with Crippen LogP contribution in [0.2, 0.25) is 0 Å². The van der Waals surface area contributed by atoms with Crippen LogP contribution < -0.4 is 4.72 Å². The minimum Gasteiger partial charge on any atom is -0.262 e. The Labute approximate surface area is 135 Å². The number of sulfonamides is 1. The summed E-state index contributed by atoms with van der Waals surface area (Å²) in [6.07, 6.45) is -3.44. The van der Waals surface area contributed by atoms with Gasteiger partial charge in [-0.3, -0.25) is 4.72 Å². The van der Waals surface area contributed by atoms with E-state index < -0.39 is 21.9 Å². The van der Waals surface area contributed by atoms with Crippen LogP contribution in [-0.2, 0) is 16.2 Å². The first kappa shape index (κ1) is 16.2. The maximum Gasteiger partial charge on any atom is 0.434 e. The summed E-state index contributed by atoms with van der Waals surface area (Å²) in [5.41, 5.74) is -1.20. The standard InChI is InChI=1S/C15H10F3N3O2S/c16-15(17,18)13-8-20-14(9-19-13)21-24(22,23)12-7-3-5-10-4-1-2-6-11(10)12/h1-9H,(H,20,21). The molecule has 0 bridgehead atoms. The SMILES string of the molecule is O=S(=O)(Nc1cnc(C(F)(F)F)cn1)c1cccc2ccccc12. The number of aromatic nitrogens is 2. The average molecular weight is 353 g/mol. The van der Waals surface area contributed by atoms with Crippen molar-refractivity contribution in [1.29, 1.82) is 0 Å². The summed E-state index contributed by atoms with van der Waals surface area (Å²) >= 11 is 0. The van der Waals surface area contributed by atoms with Gasteiger partial charge in [-0.05, 0) is 11.5 Å². The molecule has 9 heteroatoms. The maximum atomic E-state index is 12.5. The number of hydrogen-bond acceptors (Lipinski definition) is 4. The molecule has 124 valence electrons. The van der Waals surface area contributed by atoms with E-state index in [1.54, 1.807) is 36.4 Å². The van der Waals surface area contributed by atoms with Gasteiger partial charge in [0.2, 0.25) is 0 Å². The fourth-order valence-corrected chi connectivity index (χ4v) is 3.37. The van der Waals surface area contributed by atoms with E-state index in [2.05, 4.69) is 14.7 Å². The molecule has 0 atom stereocenters. The zero-order chi connectivity index (χ0) is 17.4. The monoisotopic (exact) mass is 353 g/mol. The van der Waals surface area contributed by atoms with Crippen LogP contribution in [0, 0.1) is 0 Å². The number of halogens is 3. The van der Waals surface area contributed by atoms with Gasteiger partial charge < -0.3 is 0 Å². The highest BCUT2D eigenvalue weighted by Crippen LogP contribution is 2.28. The van der Waals surface area contributed by atoms with Crippen molar-refractivity contribution in [3.63, 3.8) is 0 Å². The van der Waals surface area contributed by atoms with Gasteiger partial charge >= 0.3 is 6.18 Å². The van der Waals surface area contributed by atoms with Crippen molar-refractivity contribution in [1.82, 2.24) is 9.97 Å². The first-order valence-electron chi connectivity index (χ1n) is 6.67. The Morgan fingerprint density at radius 3 is 2.29 bits per heavy atom. The Morgan fingerprint density at radius 1 is 0.917 bits per heavy atom. The number of hydrogen-bond donors (Lipinski definition) is 1. The minimum atomic E-state index is -4.64. The van der Waals surface area contributed by atoms with E-state index in [1.165, 1.54) is 6.07 Å². The number of benzene rings is 2. The molecule has 0 aliphatic carbocycles. The van der Waals surface area contributed by atoms with E-state index in [1.807, 2.05) is 0 Å². The number of nitrogens with zero attached hydrogens (tertiary/aromatic N) is 2. The van der Waals surface area contributed by atoms with E-state index in [-0.39, 0.29) is 10.7 Å². The molecular formula is C15H10F3N3O2S. The number of alkyl halides is 3. The van der Waals surface area contributed by atoms with Crippen molar-refractivity contribution >= 4 is 26.6 Å². The molecule has 24 heavy (non-hydrogen) atoms. The van der Waals surface area contributed by atoms with Gasteiger partial charge in [-0.1, -0.05) is 36.4 Å². The summed E-state index contributed by atoms with van der Waals surface area (Å²) in [5, 5.41) is 1.21. The second-order valence-corrected chi connectivity index (χ2v) is 6.52. The summed E-state index contributed by atoms with van der Waals surface area (Å²) in [4.78, 5) is 6.64. The fraction of sp³-hybridized carbons (Fsp3) is 0.0667. The first-order valence-corrected chi connectivity index (χ1v) is 8.15. The van der Waals surface area contributed by atoms with Gasteiger partial charge in [0.05, 0.1) is 17.3 Å². The number of fused-ring (bicyclic) bond motifs is 1.